The lowest BCUT2D eigenvalue weighted by Gasteiger charge is -2.57. The van der Waals surface area contributed by atoms with Gasteiger partial charge in [0, 0.05) is 24.7 Å². The van der Waals surface area contributed by atoms with Crippen molar-refractivity contribution in [3.05, 3.63) is 42.1 Å². The normalized spacial score (nSPS) is 21.4. The van der Waals surface area contributed by atoms with Crippen molar-refractivity contribution >= 4 is 22.5 Å². The second-order valence-electron chi connectivity index (χ2n) is 7.15. The molecule has 3 aromatic rings. The molecule has 0 saturated carbocycles. The Kier molecular flexibility index (Phi) is 3.66. The molecule has 27 heavy (non-hydrogen) atoms. The molecule has 3 aliphatic heterocycles. The topological polar surface area (TPSA) is 70.9 Å². The van der Waals surface area contributed by atoms with Gasteiger partial charge in [0.25, 0.3) is 0 Å². The molecular formula is C19H20FN7. The molecule has 0 amide bonds. The fourth-order valence-corrected chi connectivity index (χ4v) is 4.27. The third kappa shape index (κ3) is 2.50. The molecule has 8 heteroatoms. The summed E-state index contributed by atoms with van der Waals surface area (Å²) in [7, 11) is 0. The van der Waals surface area contributed by atoms with E-state index in [0.29, 0.717) is 17.9 Å². The Labute approximate surface area is 156 Å². The number of hydrogen-bond acceptors (Lipinski definition) is 7. The van der Waals surface area contributed by atoms with Gasteiger partial charge in [-0.15, -0.1) is 0 Å². The second-order valence-corrected chi connectivity index (χ2v) is 7.15. The predicted molar refractivity (Wildman–Crippen MR) is 100 cm³/mol. The van der Waals surface area contributed by atoms with Crippen LogP contribution in [0.15, 0.2) is 24.8 Å². The van der Waals surface area contributed by atoms with E-state index < -0.39 is 0 Å². The summed E-state index contributed by atoms with van der Waals surface area (Å²) < 4.78 is 14.7. The SMILES string of the molecule is CCc1ncnc(N2CC3CC(C2)N3c2nc(C)nc3cnccc23)c1F. The zero-order valence-electron chi connectivity index (χ0n) is 15.3. The van der Waals surface area contributed by atoms with Crippen molar-refractivity contribution in [2.45, 2.75) is 38.8 Å². The standard InChI is InChI=1S/C19H20FN7/c1-3-15-17(20)19(23-10-22-15)26-8-12-6-13(9-26)27(12)18-14-4-5-21-7-16(14)24-11(2)25-18/h4-5,7,10,12-13H,3,6,8-9H2,1-2H3. The number of rotatable bonds is 3. The Morgan fingerprint density at radius 2 is 1.96 bits per heavy atom. The first-order chi connectivity index (χ1) is 13.2. The average molecular weight is 365 g/mol. The highest BCUT2D eigenvalue weighted by Gasteiger charge is 2.46. The lowest BCUT2D eigenvalue weighted by atomic mass is 9.87. The molecule has 0 aromatic carbocycles. The minimum atomic E-state index is -0.290. The first-order valence-corrected chi connectivity index (χ1v) is 9.26. The Bertz CT molecular complexity index is 1010. The van der Waals surface area contributed by atoms with Gasteiger partial charge in [0.1, 0.15) is 18.0 Å². The molecule has 0 N–H and O–H groups in total. The summed E-state index contributed by atoms with van der Waals surface area (Å²) in [6.07, 6.45) is 6.66. The zero-order valence-corrected chi connectivity index (χ0v) is 15.3. The van der Waals surface area contributed by atoms with E-state index in [-0.39, 0.29) is 17.9 Å². The van der Waals surface area contributed by atoms with Gasteiger partial charge in [-0.2, -0.15) is 0 Å². The van der Waals surface area contributed by atoms with Gasteiger partial charge < -0.3 is 9.80 Å². The van der Waals surface area contributed by atoms with Crippen LogP contribution in [0.25, 0.3) is 10.9 Å². The molecule has 3 fully saturated rings. The van der Waals surface area contributed by atoms with E-state index in [9.17, 15) is 4.39 Å². The van der Waals surface area contributed by atoms with E-state index in [4.69, 9.17) is 4.98 Å². The average Bonchev–Trinajstić information content (AvgIpc) is 2.68. The van der Waals surface area contributed by atoms with Gasteiger partial charge in [0.15, 0.2) is 11.6 Å². The number of fused-ring (bicyclic) bond motifs is 3. The Morgan fingerprint density at radius 3 is 2.74 bits per heavy atom. The van der Waals surface area contributed by atoms with Gasteiger partial charge in [0.05, 0.1) is 29.5 Å². The number of aromatic nitrogens is 5. The molecule has 3 aliphatic rings. The summed E-state index contributed by atoms with van der Waals surface area (Å²) in [4.78, 5) is 26.0. The molecule has 6 heterocycles. The van der Waals surface area contributed by atoms with Gasteiger partial charge in [-0.1, -0.05) is 6.92 Å². The Hall–Kier alpha value is -2.90. The second kappa shape index (κ2) is 6.07. The van der Waals surface area contributed by atoms with Crippen LogP contribution >= 0.6 is 0 Å². The van der Waals surface area contributed by atoms with E-state index in [1.807, 2.05) is 24.8 Å². The van der Waals surface area contributed by atoms with Crippen LogP contribution in [0.1, 0.15) is 24.9 Å². The number of halogens is 1. The van der Waals surface area contributed by atoms with Crippen LogP contribution in [-0.4, -0.2) is 50.1 Å². The van der Waals surface area contributed by atoms with Crippen LogP contribution in [0.4, 0.5) is 16.0 Å². The van der Waals surface area contributed by atoms with Crippen molar-refractivity contribution in [2.24, 2.45) is 0 Å². The molecule has 6 rings (SSSR count). The lowest BCUT2D eigenvalue weighted by Crippen LogP contribution is -2.69. The maximum Gasteiger partial charge on any atom is 0.187 e. The van der Waals surface area contributed by atoms with Crippen molar-refractivity contribution in [2.75, 3.05) is 22.9 Å². The smallest absolute Gasteiger partial charge is 0.187 e. The number of piperidine rings is 1. The van der Waals surface area contributed by atoms with Crippen LogP contribution in [0.2, 0.25) is 0 Å². The third-order valence-corrected chi connectivity index (χ3v) is 5.51. The molecule has 3 aromatic heterocycles. The van der Waals surface area contributed by atoms with Gasteiger partial charge in [0.2, 0.25) is 0 Å². The Balaban J connectivity index is 1.47. The van der Waals surface area contributed by atoms with Crippen molar-refractivity contribution in [3.63, 3.8) is 0 Å². The van der Waals surface area contributed by atoms with Crippen molar-refractivity contribution in [3.8, 4) is 0 Å². The van der Waals surface area contributed by atoms with E-state index in [0.717, 1.165) is 42.1 Å². The molecule has 3 saturated heterocycles. The molecule has 0 spiro atoms. The van der Waals surface area contributed by atoms with Gasteiger partial charge in [-0.3, -0.25) is 4.98 Å². The van der Waals surface area contributed by atoms with Gasteiger partial charge in [-0.25, -0.2) is 24.3 Å². The van der Waals surface area contributed by atoms with E-state index in [1.54, 1.807) is 12.4 Å². The number of anilines is 2. The maximum absolute atomic E-state index is 14.7. The minimum absolute atomic E-state index is 0.286. The molecule has 138 valence electrons. The van der Waals surface area contributed by atoms with Crippen LogP contribution in [0.5, 0.6) is 0 Å². The van der Waals surface area contributed by atoms with Crippen molar-refractivity contribution in [1.29, 1.82) is 0 Å². The van der Waals surface area contributed by atoms with Crippen molar-refractivity contribution in [1.82, 2.24) is 24.9 Å². The highest BCUT2D eigenvalue weighted by Crippen LogP contribution is 2.40. The van der Waals surface area contributed by atoms with Crippen LogP contribution in [0.3, 0.4) is 0 Å². The van der Waals surface area contributed by atoms with E-state index >= 15 is 0 Å². The van der Waals surface area contributed by atoms with Crippen molar-refractivity contribution < 1.29 is 4.39 Å². The minimum Gasteiger partial charge on any atom is -0.350 e. The van der Waals surface area contributed by atoms with E-state index in [1.165, 1.54) is 6.33 Å². The maximum atomic E-state index is 14.7. The highest BCUT2D eigenvalue weighted by atomic mass is 19.1. The molecule has 0 aliphatic carbocycles. The molecule has 0 radical (unpaired) electrons. The predicted octanol–water partition coefficient (Wildman–Crippen LogP) is 2.29. The van der Waals surface area contributed by atoms with E-state index in [2.05, 4.69) is 24.8 Å². The van der Waals surface area contributed by atoms with Crippen LogP contribution < -0.4 is 9.80 Å². The largest absolute Gasteiger partial charge is 0.350 e. The Morgan fingerprint density at radius 1 is 1.15 bits per heavy atom. The highest BCUT2D eigenvalue weighted by molar-refractivity contribution is 5.89. The quantitative estimate of drug-likeness (QED) is 0.705. The van der Waals surface area contributed by atoms with Gasteiger partial charge >= 0.3 is 0 Å². The first-order valence-electron chi connectivity index (χ1n) is 9.26. The number of aryl methyl sites for hydroxylation is 2. The van der Waals surface area contributed by atoms with Crippen LogP contribution in [-0.2, 0) is 6.42 Å². The molecule has 2 bridgehead atoms. The summed E-state index contributed by atoms with van der Waals surface area (Å²) in [6.45, 7) is 5.26. The van der Waals surface area contributed by atoms with Gasteiger partial charge in [-0.05, 0) is 25.8 Å². The summed E-state index contributed by atoms with van der Waals surface area (Å²) >= 11 is 0. The zero-order chi connectivity index (χ0) is 18.5. The summed E-state index contributed by atoms with van der Waals surface area (Å²) in [5.41, 5.74) is 1.33. The molecule has 7 nitrogen and oxygen atoms in total. The first kappa shape index (κ1) is 16.3. The lowest BCUT2D eigenvalue weighted by molar-refractivity contribution is 0.287. The summed E-state index contributed by atoms with van der Waals surface area (Å²) in [5, 5.41) is 1.01. The fourth-order valence-electron chi connectivity index (χ4n) is 4.27. The monoisotopic (exact) mass is 365 g/mol. The number of hydrogen-bond donors (Lipinski definition) is 0. The number of piperazine rings is 1. The molecular weight excluding hydrogens is 345 g/mol. The molecule has 2 atom stereocenters. The van der Waals surface area contributed by atoms with Crippen LogP contribution in [0, 0.1) is 12.7 Å². The third-order valence-electron chi connectivity index (χ3n) is 5.51. The number of pyridine rings is 1. The summed E-state index contributed by atoms with van der Waals surface area (Å²) in [6, 6.07) is 2.54. The summed E-state index contributed by atoms with van der Waals surface area (Å²) in [5.74, 6) is 1.83. The fraction of sp³-hybridized carbons (Fsp3) is 0.421. The number of nitrogens with zero attached hydrogens (tertiary/aromatic N) is 7. The molecule has 2 unspecified atom stereocenters.